The summed E-state index contributed by atoms with van der Waals surface area (Å²) in [7, 11) is 1.69. The molecule has 0 bridgehead atoms. The Hall–Kier alpha value is -0.650. The molecule has 2 saturated heterocycles. The van der Waals surface area contributed by atoms with E-state index < -0.39 is 0 Å². The summed E-state index contributed by atoms with van der Waals surface area (Å²) in [6, 6.07) is 1.17. The van der Waals surface area contributed by atoms with Gasteiger partial charge in [0, 0.05) is 26.2 Å². The molecule has 2 aliphatic rings. The molecule has 5 nitrogen and oxygen atoms in total. The van der Waals surface area contributed by atoms with Gasteiger partial charge in [0.05, 0.1) is 25.8 Å². The van der Waals surface area contributed by atoms with E-state index in [1.165, 1.54) is 0 Å². The van der Waals surface area contributed by atoms with Crippen LogP contribution < -0.4 is 10.6 Å². The second kappa shape index (κ2) is 5.61. The molecule has 0 aromatic rings. The number of piperidine rings is 1. The Morgan fingerprint density at radius 3 is 2.50 bits per heavy atom. The molecular weight excluding hydrogens is 206 g/mol. The normalized spacial score (nSPS) is 24.1. The number of nitrogens with one attached hydrogen (secondary N) is 2. The molecule has 0 unspecified atom stereocenters. The van der Waals surface area contributed by atoms with Crippen LogP contribution >= 0.6 is 0 Å². The Balaban J connectivity index is 1.63. The van der Waals surface area contributed by atoms with Crippen molar-refractivity contribution < 1.29 is 9.53 Å². The van der Waals surface area contributed by atoms with E-state index in [1.54, 1.807) is 7.05 Å². The van der Waals surface area contributed by atoms with Gasteiger partial charge >= 0.3 is 0 Å². The van der Waals surface area contributed by atoms with E-state index in [1.807, 2.05) is 0 Å². The molecule has 92 valence electrons. The third kappa shape index (κ3) is 3.17. The zero-order valence-corrected chi connectivity index (χ0v) is 9.87. The molecule has 0 saturated carbocycles. The van der Waals surface area contributed by atoms with E-state index in [2.05, 4.69) is 15.5 Å². The predicted molar refractivity (Wildman–Crippen MR) is 61.3 cm³/mol. The van der Waals surface area contributed by atoms with Crippen LogP contribution in [0.3, 0.4) is 0 Å². The minimum atomic E-state index is 0.110. The molecule has 0 radical (unpaired) electrons. The average Bonchev–Trinajstić information content (AvgIpc) is 2.25. The number of hydrogen-bond donors (Lipinski definition) is 2. The maximum atomic E-state index is 11.2. The summed E-state index contributed by atoms with van der Waals surface area (Å²) in [5, 5.41) is 6.25. The van der Waals surface area contributed by atoms with Gasteiger partial charge in [0.2, 0.25) is 5.91 Å². The summed E-state index contributed by atoms with van der Waals surface area (Å²) in [6.45, 7) is 4.28. The van der Waals surface area contributed by atoms with Crippen LogP contribution in [0.1, 0.15) is 12.8 Å². The SMILES string of the molecule is CNC(=O)CN1CCC(NC2COC2)CC1. The molecule has 2 rings (SSSR count). The van der Waals surface area contributed by atoms with Crippen molar-refractivity contribution >= 4 is 5.91 Å². The lowest BCUT2D eigenvalue weighted by Gasteiger charge is -2.36. The lowest BCUT2D eigenvalue weighted by atomic mass is 10.0. The van der Waals surface area contributed by atoms with Crippen LogP contribution in [0.4, 0.5) is 0 Å². The van der Waals surface area contributed by atoms with Gasteiger partial charge in [0.1, 0.15) is 0 Å². The molecule has 0 spiro atoms. The van der Waals surface area contributed by atoms with E-state index in [0.717, 1.165) is 39.1 Å². The van der Waals surface area contributed by atoms with E-state index in [9.17, 15) is 4.79 Å². The van der Waals surface area contributed by atoms with Crippen molar-refractivity contribution in [1.82, 2.24) is 15.5 Å². The Morgan fingerprint density at radius 2 is 2.00 bits per heavy atom. The first-order chi connectivity index (χ1) is 7.78. The van der Waals surface area contributed by atoms with Gasteiger partial charge in [-0.3, -0.25) is 9.69 Å². The van der Waals surface area contributed by atoms with Crippen molar-refractivity contribution in [3.05, 3.63) is 0 Å². The molecule has 5 heteroatoms. The highest BCUT2D eigenvalue weighted by Gasteiger charge is 2.25. The van der Waals surface area contributed by atoms with Crippen molar-refractivity contribution in [2.24, 2.45) is 0 Å². The van der Waals surface area contributed by atoms with Crippen molar-refractivity contribution in [2.75, 3.05) is 39.9 Å². The quantitative estimate of drug-likeness (QED) is 0.659. The molecule has 2 heterocycles. The molecule has 0 atom stereocenters. The molecule has 16 heavy (non-hydrogen) atoms. The Morgan fingerprint density at radius 1 is 1.31 bits per heavy atom. The molecule has 0 aliphatic carbocycles. The second-order valence-corrected chi connectivity index (χ2v) is 4.62. The number of likely N-dealkylation sites (tertiary alicyclic amines) is 1. The van der Waals surface area contributed by atoms with Gasteiger partial charge in [-0.15, -0.1) is 0 Å². The standard InChI is InChI=1S/C11H21N3O2/c1-12-11(15)6-14-4-2-9(3-5-14)13-10-7-16-8-10/h9-10,13H,2-8H2,1H3,(H,12,15). The van der Waals surface area contributed by atoms with Gasteiger partial charge in [-0.05, 0) is 12.8 Å². The van der Waals surface area contributed by atoms with E-state index in [4.69, 9.17) is 4.74 Å². The first-order valence-corrected chi connectivity index (χ1v) is 6.04. The van der Waals surface area contributed by atoms with Crippen molar-refractivity contribution in [3.63, 3.8) is 0 Å². The van der Waals surface area contributed by atoms with Crippen molar-refractivity contribution in [2.45, 2.75) is 24.9 Å². The fourth-order valence-electron chi connectivity index (χ4n) is 2.21. The smallest absolute Gasteiger partial charge is 0.233 e. The number of amides is 1. The number of ether oxygens (including phenoxy) is 1. The summed E-state index contributed by atoms with van der Waals surface area (Å²) in [4.78, 5) is 13.4. The summed E-state index contributed by atoms with van der Waals surface area (Å²) >= 11 is 0. The van der Waals surface area contributed by atoms with Crippen LogP contribution in [-0.4, -0.2) is 62.8 Å². The number of nitrogens with zero attached hydrogens (tertiary/aromatic N) is 1. The van der Waals surface area contributed by atoms with Crippen LogP contribution in [0, 0.1) is 0 Å². The van der Waals surface area contributed by atoms with Gasteiger partial charge in [-0.1, -0.05) is 0 Å². The van der Waals surface area contributed by atoms with Gasteiger partial charge in [-0.25, -0.2) is 0 Å². The zero-order chi connectivity index (χ0) is 11.4. The maximum Gasteiger partial charge on any atom is 0.233 e. The summed E-state index contributed by atoms with van der Waals surface area (Å²) in [6.07, 6.45) is 2.26. The fraction of sp³-hybridized carbons (Fsp3) is 0.909. The third-order valence-electron chi connectivity index (χ3n) is 3.34. The van der Waals surface area contributed by atoms with Crippen LogP contribution in [-0.2, 0) is 9.53 Å². The molecule has 2 N–H and O–H groups in total. The van der Waals surface area contributed by atoms with Crippen molar-refractivity contribution in [3.8, 4) is 0 Å². The molecule has 2 aliphatic heterocycles. The Kier molecular flexibility index (Phi) is 4.15. The number of hydrogen-bond acceptors (Lipinski definition) is 4. The van der Waals surface area contributed by atoms with Gasteiger partial charge in [-0.2, -0.15) is 0 Å². The highest BCUT2D eigenvalue weighted by atomic mass is 16.5. The minimum absolute atomic E-state index is 0.110. The summed E-state index contributed by atoms with van der Waals surface area (Å²) in [5.74, 6) is 0.110. The lowest BCUT2D eigenvalue weighted by Crippen LogP contribution is -2.53. The van der Waals surface area contributed by atoms with Crippen LogP contribution in [0.5, 0.6) is 0 Å². The molecule has 0 aromatic heterocycles. The maximum absolute atomic E-state index is 11.2. The fourth-order valence-corrected chi connectivity index (χ4v) is 2.21. The summed E-state index contributed by atoms with van der Waals surface area (Å²) < 4.78 is 5.14. The van der Waals surface area contributed by atoms with Crippen LogP contribution in [0.15, 0.2) is 0 Å². The van der Waals surface area contributed by atoms with E-state index in [-0.39, 0.29) is 5.91 Å². The second-order valence-electron chi connectivity index (χ2n) is 4.62. The van der Waals surface area contributed by atoms with E-state index >= 15 is 0 Å². The molecule has 1 amide bonds. The lowest BCUT2D eigenvalue weighted by molar-refractivity contribution is -0.122. The minimum Gasteiger partial charge on any atom is -0.378 e. The first kappa shape index (κ1) is 11.8. The molecular formula is C11H21N3O2. The monoisotopic (exact) mass is 227 g/mol. The highest BCUT2D eigenvalue weighted by Crippen LogP contribution is 2.12. The first-order valence-electron chi connectivity index (χ1n) is 6.04. The van der Waals surface area contributed by atoms with Gasteiger partial charge in [0.15, 0.2) is 0 Å². The number of likely N-dealkylation sites (N-methyl/N-ethyl adjacent to an activating group) is 1. The van der Waals surface area contributed by atoms with E-state index in [0.29, 0.717) is 18.6 Å². The largest absolute Gasteiger partial charge is 0.378 e. The van der Waals surface area contributed by atoms with Gasteiger partial charge in [0.25, 0.3) is 0 Å². The topological polar surface area (TPSA) is 53.6 Å². The number of carbonyl (C=O) groups is 1. The van der Waals surface area contributed by atoms with Gasteiger partial charge < -0.3 is 15.4 Å². The Labute approximate surface area is 96.5 Å². The zero-order valence-electron chi connectivity index (χ0n) is 9.87. The number of carbonyl (C=O) groups excluding carboxylic acids is 1. The Bertz CT molecular complexity index is 235. The molecule has 2 fully saturated rings. The average molecular weight is 227 g/mol. The van der Waals surface area contributed by atoms with Crippen molar-refractivity contribution in [1.29, 1.82) is 0 Å². The summed E-state index contributed by atoms with van der Waals surface area (Å²) in [5.41, 5.74) is 0. The molecule has 0 aromatic carbocycles. The predicted octanol–water partition coefficient (Wildman–Crippen LogP) is -0.815. The highest BCUT2D eigenvalue weighted by molar-refractivity contribution is 5.77. The number of rotatable bonds is 4. The van der Waals surface area contributed by atoms with Crippen LogP contribution in [0.2, 0.25) is 0 Å². The van der Waals surface area contributed by atoms with Crippen LogP contribution in [0.25, 0.3) is 0 Å². The third-order valence-corrected chi connectivity index (χ3v) is 3.34.